The highest BCUT2D eigenvalue weighted by atomic mass is 32.2. The van der Waals surface area contributed by atoms with Gasteiger partial charge in [0.15, 0.2) is 0 Å². The lowest BCUT2D eigenvalue weighted by molar-refractivity contribution is 0.603. The summed E-state index contributed by atoms with van der Waals surface area (Å²) < 4.78 is 28.0. The lowest BCUT2D eigenvalue weighted by atomic mass is 9.91. The van der Waals surface area contributed by atoms with Gasteiger partial charge in [-0.2, -0.15) is 0 Å². The molecule has 4 nitrogen and oxygen atoms in total. The average molecular weight is 322 g/mol. The summed E-state index contributed by atoms with van der Waals surface area (Å²) in [6.45, 7) is 0.354. The van der Waals surface area contributed by atoms with Crippen LogP contribution in [-0.4, -0.2) is 8.42 Å². The number of rotatable bonds is 4. The van der Waals surface area contributed by atoms with E-state index >= 15 is 0 Å². The van der Waals surface area contributed by atoms with E-state index in [-0.39, 0.29) is 0 Å². The van der Waals surface area contributed by atoms with Crippen LogP contribution in [0.25, 0.3) is 0 Å². The number of sulfonamides is 1. The first-order chi connectivity index (χ1) is 10.1. The molecule has 0 saturated heterocycles. The maximum Gasteiger partial charge on any atom is 0.271 e. The first-order valence-electron chi connectivity index (χ1n) is 7.01. The highest BCUT2D eigenvalue weighted by Gasteiger charge is 2.20. The van der Waals surface area contributed by atoms with Gasteiger partial charge in [-0.1, -0.05) is 12.1 Å². The lowest BCUT2D eigenvalue weighted by Gasteiger charge is -2.19. The van der Waals surface area contributed by atoms with E-state index in [2.05, 4.69) is 10.8 Å². The van der Waals surface area contributed by atoms with Crippen molar-refractivity contribution in [3.8, 4) is 0 Å². The monoisotopic (exact) mass is 322 g/mol. The quantitative estimate of drug-likeness (QED) is 0.909. The maximum absolute atomic E-state index is 12.5. The van der Waals surface area contributed by atoms with Crippen LogP contribution in [0.3, 0.4) is 0 Å². The van der Waals surface area contributed by atoms with Gasteiger partial charge in [0.1, 0.15) is 4.21 Å². The van der Waals surface area contributed by atoms with E-state index in [0.29, 0.717) is 10.8 Å². The van der Waals surface area contributed by atoms with Crippen LogP contribution in [0, 0.1) is 0 Å². The third kappa shape index (κ3) is 2.97. The van der Waals surface area contributed by atoms with Crippen molar-refractivity contribution in [2.75, 3.05) is 4.72 Å². The Labute approximate surface area is 129 Å². The second kappa shape index (κ2) is 5.79. The van der Waals surface area contributed by atoms with Crippen molar-refractivity contribution >= 4 is 27.0 Å². The van der Waals surface area contributed by atoms with E-state index in [1.165, 1.54) is 23.3 Å². The molecule has 1 aromatic heterocycles. The third-order valence-corrected chi connectivity index (χ3v) is 6.62. The second-order valence-electron chi connectivity index (χ2n) is 5.23. The standard InChI is InChI=1S/C15H18N2O2S2/c16-9-11-8-15(20-10-11)21(18,19)17-14-7-3-5-12-4-1-2-6-13(12)14/h3,5,7-8,10,17H,1-2,4,6,9,16H2. The Hall–Kier alpha value is -1.37. The van der Waals surface area contributed by atoms with Crippen LogP contribution in [-0.2, 0) is 29.4 Å². The summed E-state index contributed by atoms with van der Waals surface area (Å²) in [5, 5.41) is 1.79. The Morgan fingerprint density at radius 3 is 2.81 bits per heavy atom. The third-order valence-electron chi connectivity index (χ3n) is 3.77. The summed E-state index contributed by atoms with van der Waals surface area (Å²) in [6, 6.07) is 7.49. The van der Waals surface area contributed by atoms with Gasteiger partial charge in [0.05, 0.1) is 5.69 Å². The molecule has 0 radical (unpaired) electrons. The van der Waals surface area contributed by atoms with Crippen molar-refractivity contribution in [2.45, 2.75) is 36.4 Å². The van der Waals surface area contributed by atoms with Crippen LogP contribution >= 0.6 is 11.3 Å². The molecule has 3 N–H and O–H groups in total. The topological polar surface area (TPSA) is 72.2 Å². The molecule has 0 fully saturated rings. The number of anilines is 1. The summed E-state index contributed by atoms with van der Waals surface area (Å²) >= 11 is 1.21. The summed E-state index contributed by atoms with van der Waals surface area (Å²) in [7, 11) is -3.52. The zero-order valence-corrected chi connectivity index (χ0v) is 13.3. The molecule has 1 heterocycles. The number of benzene rings is 1. The molecule has 1 aliphatic carbocycles. The molecule has 0 amide bonds. The Kier molecular flexibility index (Phi) is 4.01. The van der Waals surface area contributed by atoms with Gasteiger partial charge in [-0.25, -0.2) is 8.42 Å². The molecule has 0 bridgehead atoms. The SMILES string of the molecule is NCc1csc(S(=O)(=O)Nc2cccc3c2CCCC3)c1. The van der Waals surface area contributed by atoms with Crippen LogP contribution in [0.2, 0.25) is 0 Å². The molecule has 1 aliphatic rings. The van der Waals surface area contributed by atoms with Crippen LogP contribution < -0.4 is 10.5 Å². The fourth-order valence-corrected chi connectivity index (χ4v) is 4.99. The van der Waals surface area contributed by atoms with Crippen molar-refractivity contribution < 1.29 is 8.42 Å². The Morgan fingerprint density at radius 2 is 2.05 bits per heavy atom. The van der Waals surface area contributed by atoms with E-state index in [0.717, 1.165) is 36.1 Å². The first-order valence-corrected chi connectivity index (χ1v) is 9.37. The van der Waals surface area contributed by atoms with Crippen molar-refractivity contribution in [1.82, 2.24) is 0 Å². The van der Waals surface area contributed by atoms with Gasteiger partial charge >= 0.3 is 0 Å². The molecule has 0 atom stereocenters. The van der Waals surface area contributed by atoms with Crippen molar-refractivity contribution in [1.29, 1.82) is 0 Å². The molecule has 0 spiro atoms. The van der Waals surface area contributed by atoms with Crippen LogP contribution in [0.15, 0.2) is 33.9 Å². The van der Waals surface area contributed by atoms with Crippen molar-refractivity contribution in [3.63, 3.8) is 0 Å². The van der Waals surface area contributed by atoms with E-state index in [1.807, 2.05) is 12.1 Å². The van der Waals surface area contributed by atoms with Gasteiger partial charge in [-0.3, -0.25) is 4.72 Å². The van der Waals surface area contributed by atoms with Gasteiger partial charge in [-0.15, -0.1) is 11.3 Å². The highest BCUT2D eigenvalue weighted by molar-refractivity contribution is 7.94. The molecule has 0 aliphatic heterocycles. The van der Waals surface area contributed by atoms with Gasteiger partial charge in [0.25, 0.3) is 10.0 Å². The number of aryl methyl sites for hydroxylation is 1. The number of hydrogen-bond acceptors (Lipinski definition) is 4. The number of fused-ring (bicyclic) bond motifs is 1. The van der Waals surface area contributed by atoms with Crippen LogP contribution in [0.1, 0.15) is 29.5 Å². The van der Waals surface area contributed by atoms with E-state index in [9.17, 15) is 8.42 Å². The molecule has 0 saturated carbocycles. The number of nitrogens with two attached hydrogens (primary N) is 1. The summed E-state index contributed by atoms with van der Waals surface area (Å²) in [4.78, 5) is 0. The van der Waals surface area contributed by atoms with E-state index in [1.54, 1.807) is 11.4 Å². The van der Waals surface area contributed by atoms with Gasteiger partial charge in [0, 0.05) is 6.54 Å². The predicted molar refractivity (Wildman–Crippen MR) is 86.1 cm³/mol. The number of thiophene rings is 1. The van der Waals surface area contributed by atoms with Gasteiger partial charge in [-0.05, 0) is 59.9 Å². The second-order valence-corrected chi connectivity index (χ2v) is 8.05. The summed E-state index contributed by atoms with van der Waals surface area (Å²) in [6.07, 6.45) is 4.25. The fourth-order valence-electron chi connectivity index (χ4n) is 2.67. The molecule has 3 rings (SSSR count). The molecule has 21 heavy (non-hydrogen) atoms. The normalized spacial score (nSPS) is 14.7. The largest absolute Gasteiger partial charge is 0.326 e. The Balaban J connectivity index is 1.92. The molecule has 1 aromatic carbocycles. The predicted octanol–water partition coefficient (Wildman–Crippen LogP) is 2.89. The molecule has 0 unspecified atom stereocenters. The number of hydrogen-bond donors (Lipinski definition) is 2. The fraction of sp³-hybridized carbons (Fsp3) is 0.333. The minimum atomic E-state index is -3.52. The van der Waals surface area contributed by atoms with Gasteiger partial charge in [0.2, 0.25) is 0 Å². The lowest BCUT2D eigenvalue weighted by Crippen LogP contribution is -2.15. The molecular weight excluding hydrogens is 304 g/mol. The van der Waals surface area contributed by atoms with Crippen molar-refractivity contribution in [3.05, 3.63) is 46.3 Å². The highest BCUT2D eigenvalue weighted by Crippen LogP contribution is 2.30. The first kappa shape index (κ1) is 14.6. The minimum absolute atomic E-state index is 0.316. The molecule has 2 aromatic rings. The maximum atomic E-state index is 12.5. The molecular formula is C15H18N2O2S2. The van der Waals surface area contributed by atoms with Crippen LogP contribution in [0.4, 0.5) is 5.69 Å². The van der Waals surface area contributed by atoms with Gasteiger partial charge < -0.3 is 5.73 Å². The smallest absolute Gasteiger partial charge is 0.271 e. The van der Waals surface area contributed by atoms with Crippen LogP contribution in [0.5, 0.6) is 0 Å². The summed E-state index contributed by atoms with van der Waals surface area (Å²) in [5.74, 6) is 0. The molecule has 112 valence electrons. The zero-order chi connectivity index (χ0) is 14.9. The zero-order valence-electron chi connectivity index (χ0n) is 11.6. The molecule has 6 heteroatoms. The number of nitrogens with one attached hydrogen (secondary N) is 1. The van der Waals surface area contributed by atoms with E-state index in [4.69, 9.17) is 5.73 Å². The Bertz CT molecular complexity index is 751. The van der Waals surface area contributed by atoms with Crippen molar-refractivity contribution in [2.24, 2.45) is 5.73 Å². The average Bonchev–Trinajstić information content (AvgIpc) is 2.97. The minimum Gasteiger partial charge on any atom is -0.326 e. The van der Waals surface area contributed by atoms with E-state index < -0.39 is 10.0 Å². The summed E-state index contributed by atoms with van der Waals surface area (Å²) in [5.41, 5.74) is 9.50. The Morgan fingerprint density at radius 1 is 1.24 bits per heavy atom.